The Kier molecular flexibility index (Phi) is 18.7. The molecule has 0 fully saturated rings. The zero-order valence-corrected chi connectivity index (χ0v) is 23.2. The molecule has 0 radical (unpaired) electrons. The van der Waals surface area contributed by atoms with Gasteiger partial charge in [0.2, 0.25) is 0 Å². The summed E-state index contributed by atoms with van der Waals surface area (Å²) in [7, 11) is 0. The zero-order chi connectivity index (χ0) is 25.8. The minimum absolute atomic E-state index is 0.217. The molecular formula is C32H51NO. The molecule has 0 amide bonds. The van der Waals surface area contributed by atoms with Crippen LogP contribution >= 0.6 is 0 Å². The minimum atomic E-state index is -0.424. The fourth-order valence-corrected chi connectivity index (χ4v) is 4.23. The van der Waals surface area contributed by atoms with Crippen LogP contribution in [-0.4, -0.2) is 9.67 Å². The summed E-state index contributed by atoms with van der Waals surface area (Å²) in [6.07, 6.45) is 8.33. The fourth-order valence-electron chi connectivity index (χ4n) is 4.23. The van der Waals surface area contributed by atoms with Gasteiger partial charge in [0.05, 0.1) is 6.10 Å². The summed E-state index contributed by atoms with van der Waals surface area (Å²) in [5.74, 6) is 0.838. The molecule has 2 atom stereocenters. The molecule has 1 aliphatic carbocycles. The number of fused-ring (bicyclic) bond motifs is 1. The highest BCUT2D eigenvalue weighted by molar-refractivity contribution is 5.32. The summed E-state index contributed by atoms with van der Waals surface area (Å²) in [6, 6.07) is 23.0. The van der Waals surface area contributed by atoms with Gasteiger partial charge in [0.25, 0.3) is 0 Å². The van der Waals surface area contributed by atoms with Gasteiger partial charge in [0.1, 0.15) is 0 Å². The standard InChI is InChI=1S/C23H25NO.C3H8.3C2H6/c25-23(19-8-2-1-3-9-19)22(17-24-12-6-7-13-24)16-18-14-20-10-4-5-11-21(20)15-18;1-3-2;3*1-2/h1-13,18,22-23,25H,14-17H2;3H2,1-2H3;3*1-2H3/t22-,23+;;;;/m0..../s1. The quantitative estimate of drug-likeness (QED) is 0.386. The summed E-state index contributed by atoms with van der Waals surface area (Å²) in [4.78, 5) is 0. The molecule has 0 bridgehead atoms. The number of hydrogen-bond acceptors (Lipinski definition) is 1. The van der Waals surface area contributed by atoms with E-state index in [0.717, 1.165) is 31.4 Å². The van der Waals surface area contributed by atoms with Crippen LogP contribution in [-0.2, 0) is 19.4 Å². The number of aliphatic hydroxyl groups is 1. The van der Waals surface area contributed by atoms with Crippen LogP contribution in [0.2, 0.25) is 0 Å². The van der Waals surface area contributed by atoms with Gasteiger partial charge in [-0.3, -0.25) is 0 Å². The molecule has 0 unspecified atom stereocenters. The van der Waals surface area contributed by atoms with Crippen LogP contribution in [0.5, 0.6) is 0 Å². The van der Waals surface area contributed by atoms with E-state index >= 15 is 0 Å². The molecule has 0 spiro atoms. The predicted octanol–water partition coefficient (Wildman–Crippen LogP) is 9.14. The van der Waals surface area contributed by atoms with Crippen molar-refractivity contribution in [2.75, 3.05) is 0 Å². The van der Waals surface area contributed by atoms with Crippen molar-refractivity contribution in [3.63, 3.8) is 0 Å². The lowest BCUT2D eigenvalue weighted by Crippen LogP contribution is -2.22. The van der Waals surface area contributed by atoms with Crippen molar-refractivity contribution in [2.24, 2.45) is 11.8 Å². The number of aliphatic hydroxyl groups excluding tert-OH is 1. The Bertz CT molecular complexity index is 785. The SMILES string of the molecule is CC.CC.CC.CCC.O[C@H](c1ccccc1)[C@@H](CC1Cc2ccccc2C1)Cn1cccc1. The Morgan fingerprint density at radius 3 is 1.65 bits per heavy atom. The van der Waals surface area contributed by atoms with Crippen LogP contribution in [0.25, 0.3) is 0 Å². The van der Waals surface area contributed by atoms with Crippen molar-refractivity contribution in [3.05, 3.63) is 95.8 Å². The lowest BCUT2D eigenvalue weighted by molar-refractivity contribution is 0.0820. The first-order valence-electron chi connectivity index (χ1n) is 13.6. The highest BCUT2D eigenvalue weighted by Crippen LogP contribution is 2.35. The van der Waals surface area contributed by atoms with Crippen molar-refractivity contribution in [2.45, 2.75) is 93.7 Å². The molecule has 4 rings (SSSR count). The molecular weight excluding hydrogens is 414 g/mol. The molecule has 0 aliphatic heterocycles. The van der Waals surface area contributed by atoms with Gasteiger partial charge in [-0.05, 0) is 54.0 Å². The van der Waals surface area contributed by atoms with Crippen LogP contribution in [0, 0.1) is 11.8 Å². The Morgan fingerprint density at radius 2 is 1.18 bits per heavy atom. The second-order valence-electron chi connectivity index (χ2n) is 7.98. The average Bonchev–Trinajstić information content (AvgIpc) is 3.57. The van der Waals surface area contributed by atoms with Crippen LogP contribution in [0.1, 0.15) is 91.0 Å². The second-order valence-corrected chi connectivity index (χ2v) is 7.98. The van der Waals surface area contributed by atoms with Crippen molar-refractivity contribution < 1.29 is 5.11 Å². The van der Waals surface area contributed by atoms with Crippen molar-refractivity contribution in [3.8, 4) is 0 Å². The Labute approximate surface area is 211 Å². The van der Waals surface area contributed by atoms with Gasteiger partial charge in [0.15, 0.2) is 0 Å². The summed E-state index contributed by atoms with van der Waals surface area (Å²) in [5.41, 5.74) is 4.00. The van der Waals surface area contributed by atoms with Crippen LogP contribution < -0.4 is 0 Å². The van der Waals surface area contributed by atoms with E-state index in [1.165, 1.54) is 17.5 Å². The van der Waals surface area contributed by atoms with E-state index < -0.39 is 6.10 Å². The first-order chi connectivity index (χ1) is 16.7. The third-order valence-electron chi connectivity index (χ3n) is 5.47. The second kappa shape index (κ2) is 20.1. The number of hydrogen-bond donors (Lipinski definition) is 1. The average molecular weight is 466 g/mol. The third-order valence-corrected chi connectivity index (χ3v) is 5.47. The van der Waals surface area contributed by atoms with Gasteiger partial charge in [-0.15, -0.1) is 0 Å². The highest BCUT2D eigenvalue weighted by Gasteiger charge is 2.28. The molecule has 1 heterocycles. The Morgan fingerprint density at radius 1 is 0.735 bits per heavy atom. The molecule has 2 heteroatoms. The van der Waals surface area contributed by atoms with E-state index in [1.54, 1.807) is 0 Å². The number of nitrogens with zero attached hydrogens (tertiary/aromatic N) is 1. The summed E-state index contributed by atoms with van der Waals surface area (Å²) in [6.45, 7) is 17.1. The molecule has 2 nitrogen and oxygen atoms in total. The largest absolute Gasteiger partial charge is 0.388 e. The molecule has 0 saturated heterocycles. The molecule has 2 aromatic carbocycles. The molecule has 1 aliphatic rings. The van der Waals surface area contributed by atoms with E-state index in [9.17, 15) is 5.11 Å². The monoisotopic (exact) mass is 465 g/mol. The van der Waals surface area contributed by atoms with Crippen molar-refractivity contribution >= 4 is 0 Å². The van der Waals surface area contributed by atoms with Crippen molar-refractivity contribution in [1.29, 1.82) is 0 Å². The fraction of sp³-hybridized carbons (Fsp3) is 0.500. The van der Waals surface area contributed by atoms with E-state index in [0.29, 0.717) is 5.92 Å². The number of rotatable bonds is 6. The van der Waals surface area contributed by atoms with Gasteiger partial charge < -0.3 is 9.67 Å². The van der Waals surface area contributed by atoms with Gasteiger partial charge in [-0.25, -0.2) is 0 Å². The first-order valence-corrected chi connectivity index (χ1v) is 13.6. The van der Waals surface area contributed by atoms with E-state index in [2.05, 4.69) is 67.2 Å². The smallest absolute Gasteiger partial charge is 0.0835 e. The maximum absolute atomic E-state index is 11.0. The maximum atomic E-state index is 11.0. The summed E-state index contributed by atoms with van der Waals surface area (Å²) in [5, 5.41) is 11.0. The lowest BCUT2D eigenvalue weighted by Gasteiger charge is -2.26. The van der Waals surface area contributed by atoms with Gasteiger partial charge in [0, 0.05) is 24.9 Å². The molecule has 1 N–H and O–H groups in total. The summed E-state index contributed by atoms with van der Waals surface area (Å²) >= 11 is 0. The van der Waals surface area contributed by atoms with Gasteiger partial charge in [-0.1, -0.05) is 116 Å². The van der Waals surface area contributed by atoms with E-state index in [4.69, 9.17) is 0 Å². The van der Waals surface area contributed by atoms with Crippen LogP contribution in [0.3, 0.4) is 0 Å². The highest BCUT2D eigenvalue weighted by atomic mass is 16.3. The Hall–Kier alpha value is -2.32. The lowest BCUT2D eigenvalue weighted by atomic mass is 9.85. The zero-order valence-electron chi connectivity index (χ0n) is 23.2. The third kappa shape index (κ3) is 10.7. The van der Waals surface area contributed by atoms with Crippen LogP contribution in [0.4, 0.5) is 0 Å². The van der Waals surface area contributed by atoms with Crippen molar-refractivity contribution in [1.82, 2.24) is 4.57 Å². The predicted molar refractivity (Wildman–Crippen MR) is 151 cm³/mol. The molecule has 0 saturated carbocycles. The summed E-state index contributed by atoms with van der Waals surface area (Å²) < 4.78 is 2.19. The van der Waals surface area contributed by atoms with Crippen LogP contribution in [0.15, 0.2) is 79.1 Å². The van der Waals surface area contributed by atoms with E-state index in [1.807, 2.05) is 71.9 Å². The first kappa shape index (κ1) is 31.7. The van der Waals surface area contributed by atoms with Gasteiger partial charge in [-0.2, -0.15) is 0 Å². The topological polar surface area (TPSA) is 25.2 Å². The van der Waals surface area contributed by atoms with Gasteiger partial charge >= 0.3 is 0 Å². The molecule has 34 heavy (non-hydrogen) atoms. The maximum Gasteiger partial charge on any atom is 0.0835 e. The molecule has 1 aromatic heterocycles. The Balaban J connectivity index is 0.00000108. The number of benzene rings is 2. The van der Waals surface area contributed by atoms with E-state index in [-0.39, 0.29) is 5.92 Å². The number of aromatic nitrogens is 1. The molecule has 190 valence electrons. The molecule has 3 aromatic rings. The minimum Gasteiger partial charge on any atom is -0.388 e. The normalized spacial score (nSPS) is 13.2.